The van der Waals surface area contributed by atoms with Crippen molar-refractivity contribution >= 4 is 5.91 Å². The van der Waals surface area contributed by atoms with E-state index in [4.69, 9.17) is 16.7 Å². The molecular weight excluding hydrogens is 266 g/mol. The molecule has 5 heteroatoms. The second-order valence-electron chi connectivity index (χ2n) is 6.46. The molecule has 5 nitrogen and oxygen atoms in total. The average molecular weight is 283 g/mol. The van der Waals surface area contributed by atoms with Crippen molar-refractivity contribution < 1.29 is 9.53 Å². The maximum absolute atomic E-state index is 11.8. The largest absolute Gasteiger partial charge is 0.486 e. The van der Waals surface area contributed by atoms with Crippen LogP contribution in [0.5, 0.6) is 5.75 Å². The molecule has 1 heterocycles. The van der Waals surface area contributed by atoms with E-state index in [2.05, 4.69) is 29.8 Å². The summed E-state index contributed by atoms with van der Waals surface area (Å²) in [6.45, 7) is 8.19. The average Bonchev–Trinajstić information content (AvgIpc) is 2.36. The first-order valence-electron chi connectivity index (χ1n) is 6.64. The van der Waals surface area contributed by atoms with E-state index in [1.807, 2.05) is 13.8 Å². The van der Waals surface area contributed by atoms with Gasteiger partial charge in [0.15, 0.2) is 0 Å². The Morgan fingerprint density at radius 2 is 2.10 bits per heavy atom. The number of azide groups is 1. The minimum absolute atomic E-state index is 0.199. The van der Waals surface area contributed by atoms with Crippen molar-refractivity contribution in [2.45, 2.75) is 45.1 Å². The lowest BCUT2D eigenvalue weighted by Gasteiger charge is -2.43. The summed E-state index contributed by atoms with van der Waals surface area (Å²) >= 11 is 0. The summed E-state index contributed by atoms with van der Waals surface area (Å²) in [7, 11) is 0. The minimum atomic E-state index is -0.641. The number of fused-ring (bicyclic) bond motifs is 1. The Balaban J connectivity index is 2.71. The molecule has 0 unspecified atom stereocenters. The van der Waals surface area contributed by atoms with Gasteiger partial charge < -0.3 is 4.74 Å². The van der Waals surface area contributed by atoms with Crippen molar-refractivity contribution in [2.24, 2.45) is 5.11 Å². The maximum atomic E-state index is 11.8. The van der Waals surface area contributed by atoms with E-state index < -0.39 is 5.91 Å². The van der Waals surface area contributed by atoms with Gasteiger partial charge in [-0.05, 0) is 48.5 Å². The van der Waals surface area contributed by atoms with E-state index in [0.29, 0.717) is 11.3 Å². The number of carbonyl (C=O) groups is 1. The summed E-state index contributed by atoms with van der Waals surface area (Å²) in [6.07, 6.45) is 6.34. The van der Waals surface area contributed by atoms with E-state index in [0.717, 1.165) is 12.0 Å². The predicted octanol–water partition coefficient (Wildman–Crippen LogP) is 3.96. The summed E-state index contributed by atoms with van der Waals surface area (Å²) in [6, 6.07) is 3.25. The fraction of sp³-hybridized carbons (Fsp3) is 0.438. The molecule has 0 atom stereocenters. The van der Waals surface area contributed by atoms with Gasteiger partial charge in [-0.3, -0.25) is 4.79 Å². The predicted molar refractivity (Wildman–Crippen MR) is 80.2 cm³/mol. The Bertz CT molecular complexity index is 705. The van der Waals surface area contributed by atoms with E-state index in [-0.39, 0.29) is 16.6 Å². The molecule has 1 aromatic carbocycles. The number of hydrogen-bond acceptors (Lipinski definition) is 2. The Morgan fingerprint density at radius 1 is 1.43 bits per heavy atom. The summed E-state index contributed by atoms with van der Waals surface area (Å²) in [5.74, 6) is 2.55. The molecular formula is C16H17N3O2. The molecule has 108 valence electrons. The van der Waals surface area contributed by atoms with Crippen molar-refractivity contribution in [3.05, 3.63) is 39.3 Å². The maximum Gasteiger partial charge on any atom is 0.249 e. The number of amides is 1. The van der Waals surface area contributed by atoms with E-state index >= 15 is 0 Å². The zero-order valence-corrected chi connectivity index (χ0v) is 12.6. The van der Waals surface area contributed by atoms with Gasteiger partial charge in [0.25, 0.3) is 0 Å². The summed E-state index contributed by atoms with van der Waals surface area (Å²) in [4.78, 5) is 14.3. The van der Waals surface area contributed by atoms with Gasteiger partial charge in [0.05, 0.1) is 5.56 Å². The number of benzene rings is 1. The number of rotatable bonds is 1. The summed E-state index contributed by atoms with van der Waals surface area (Å²) < 4.78 is 6.01. The molecule has 0 aromatic heterocycles. The molecule has 0 N–H and O–H groups in total. The zero-order valence-electron chi connectivity index (χ0n) is 12.6. The van der Waals surface area contributed by atoms with E-state index in [1.165, 1.54) is 6.07 Å². The third-order valence-corrected chi connectivity index (χ3v) is 3.60. The first-order valence-corrected chi connectivity index (χ1v) is 6.64. The van der Waals surface area contributed by atoms with E-state index in [1.54, 1.807) is 6.07 Å². The van der Waals surface area contributed by atoms with Crippen molar-refractivity contribution in [2.75, 3.05) is 0 Å². The smallest absolute Gasteiger partial charge is 0.249 e. The van der Waals surface area contributed by atoms with Crippen LogP contribution in [0.25, 0.3) is 10.4 Å². The van der Waals surface area contributed by atoms with Crippen molar-refractivity contribution in [1.82, 2.24) is 0 Å². The van der Waals surface area contributed by atoms with Crippen molar-refractivity contribution in [1.29, 1.82) is 0 Å². The van der Waals surface area contributed by atoms with Gasteiger partial charge in [-0.15, -0.1) is 6.42 Å². The van der Waals surface area contributed by atoms with Crippen molar-refractivity contribution in [3.8, 4) is 18.1 Å². The normalized spacial score (nSPS) is 17.7. The lowest BCUT2D eigenvalue weighted by Crippen LogP contribution is -2.41. The monoisotopic (exact) mass is 283 g/mol. The molecule has 0 saturated carbocycles. The molecule has 1 aliphatic rings. The van der Waals surface area contributed by atoms with Gasteiger partial charge in [0.2, 0.25) is 5.91 Å². The highest BCUT2D eigenvalue weighted by Gasteiger charge is 2.40. The highest BCUT2D eigenvalue weighted by molar-refractivity contribution is 5.96. The van der Waals surface area contributed by atoms with Crippen LogP contribution in [0, 0.1) is 12.3 Å². The van der Waals surface area contributed by atoms with Crippen LogP contribution in [0.15, 0.2) is 17.2 Å². The Labute approximate surface area is 123 Å². The van der Waals surface area contributed by atoms with Crippen LogP contribution < -0.4 is 4.74 Å². The molecule has 0 radical (unpaired) electrons. The van der Waals surface area contributed by atoms with Crippen LogP contribution >= 0.6 is 0 Å². The first kappa shape index (κ1) is 15.0. The third kappa shape index (κ3) is 2.72. The fourth-order valence-corrected chi connectivity index (χ4v) is 3.04. The van der Waals surface area contributed by atoms with Gasteiger partial charge in [-0.1, -0.05) is 19.8 Å². The molecule has 0 fully saturated rings. The van der Waals surface area contributed by atoms with Crippen LogP contribution in [0.2, 0.25) is 0 Å². The van der Waals surface area contributed by atoms with Gasteiger partial charge in [-0.25, -0.2) is 0 Å². The van der Waals surface area contributed by atoms with Gasteiger partial charge in [0.1, 0.15) is 11.4 Å². The summed E-state index contributed by atoms with van der Waals surface area (Å²) in [5, 5.41) is 3.13. The SMILES string of the molecule is C#Cc1cc(C(=O)N=[N+]=[N-])cc2c1OC(C)(C)CC2(C)C. The summed E-state index contributed by atoms with van der Waals surface area (Å²) in [5.41, 5.74) is 9.53. The third-order valence-electron chi connectivity index (χ3n) is 3.60. The highest BCUT2D eigenvalue weighted by Crippen LogP contribution is 2.46. The molecule has 0 aliphatic carbocycles. The first-order chi connectivity index (χ1) is 9.70. The van der Waals surface area contributed by atoms with Crippen LogP contribution in [0.1, 0.15) is 55.6 Å². The van der Waals surface area contributed by atoms with Gasteiger partial charge >= 0.3 is 0 Å². The molecule has 21 heavy (non-hydrogen) atoms. The van der Waals surface area contributed by atoms with E-state index in [9.17, 15) is 4.79 Å². The number of carbonyl (C=O) groups excluding carboxylic acids is 1. The number of hydrogen-bond donors (Lipinski definition) is 0. The Kier molecular flexibility index (Phi) is 3.44. The standard InChI is InChI=1S/C16H17N3O2/c1-6-10-7-11(14(20)18-19-17)8-12-13(10)21-16(4,5)9-15(12,2)3/h1,7-8H,9H2,2-5H3. The van der Waals surface area contributed by atoms with Crippen LogP contribution in [-0.4, -0.2) is 11.5 Å². The molecule has 0 saturated heterocycles. The number of terminal acetylenes is 1. The lowest BCUT2D eigenvalue weighted by molar-refractivity contribution is 0.0530. The highest BCUT2D eigenvalue weighted by atomic mass is 16.5. The zero-order chi connectivity index (χ0) is 15.8. The topological polar surface area (TPSA) is 75.1 Å². The number of nitrogens with zero attached hydrogens (tertiary/aromatic N) is 3. The minimum Gasteiger partial charge on any atom is -0.486 e. The second-order valence-corrected chi connectivity index (χ2v) is 6.46. The molecule has 1 aliphatic heterocycles. The van der Waals surface area contributed by atoms with Gasteiger partial charge in [0, 0.05) is 16.0 Å². The fourth-order valence-electron chi connectivity index (χ4n) is 3.04. The Hall–Kier alpha value is -2.44. The van der Waals surface area contributed by atoms with Crippen LogP contribution in [0.4, 0.5) is 0 Å². The molecule has 2 rings (SSSR count). The molecule has 1 amide bonds. The quantitative estimate of drug-likeness (QED) is 0.338. The van der Waals surface area contributed by atoms with Crippen LogP contribution in [-0.2, 0) is 5.41 Å². The molecule has 0 bridgehead atoms. The lowest BCUT2D eigenvalue weighted by atomic mass is 9.72. The van der Waals surface area contributed by atoms with Crippen LogP contribution in [0.3, 0.4) is 0 Å². The molecule has 1 aromatic rings. The second kappa shape index (κ2) is 4.83. The number of ether oxygens (including phenoxy) is 1. The molecule has 0 spiro atoms. The van der Waals surface area contributed by atoms with Gasteiger partial charge in [-0.2, -0.15) is 0 Å². The van der Waals surface area contributed by atoms with Crippen molar-refractivity contribution in [3.63, 3.8) is 0 Å². The Morgan fingerprint density at radius 3 is 2.67 bits per heavy atom.